The molecule has 2 aromatic rings. The Bertz CT molecular complexity index is 604. The Kier molecular flexibility index (Phi) is 4.04. The van der Waals surface area contributed by atoms with Crippen LogP contribution in [0.4, 0.5) is 14.5 Å². The summed E-state index contributed by atoms with van der Waals surface area (Å²) in [6, 6.07) is 7.93. The quantitative estimate of drug-likeness (QED) is 0.863. The van der Waals surface area contributed by atoms with E-state index in [-0.39, 0.29) is 17.6 Å². The molecule has 2 aromatic carbocycles. The Labute approximate surface area is 118 Å². The van der Waals surface area contributed by atoms with Gasteiger partial charge in [-0.3, -0.25) is 0 Å². The van der Waals surface area contributed by atoms with Gasteiger partial charge >= 0.3 is 0 Å². The Morgan fingerprint density at radius 1 is 1.16 bits per heavy atom. The van der Waals surface area contributed by atoms with Gasteiger partial charge in [-0.1, -0.05) is 6.07 Å². The lowest BCUT2D eigenvalue weighted by molar-refractivity contribution is 0.467. The lowest BCUT2D eigenvalue weighted by atomic mass is 10.1. The van der Waals surface area contributed by atoms with Gasteiger partial charge in [-0.2, -0.15) is 0 Å². The Morgan fingerprint density at radius 3 is 2.53 bits per heavy atom. The van der Waals surface area contributed by atoms with E-state index in [4.69, 9.17) is 0 Å². The van der Waals surface area contributed by atoms with Crippen LogP contribution in [-0.2, 0) is 0 Å². The second kappa shape index (κ2) is 5.57. The predicted molar refractivity (Wildman–Crippen MR) is 74.2 cm³/mol. The van der Waals surface area contributed by atoms with Crippen molar-refractivity contribution < 1.29 is 13.9 Å². The van der Waals surface area contributed by atoms with Crippen LogP contribution in [0, 0.1) is 11.6 Å². The molecule has 0 heterocycles. The number of halogens is 3. The molecule has 0 aliphatic heterocycles. The summed E-state index contributed by atoms with van der Waals surface area (Å²) in [7, 11) is 0. The highest BCUT2D eigenvalue weighted by Gasteiger charge is 2.12. The van der Waals surface area contributed by atoms with Crippen molar-refractivity contribution in [1.29, 1.82) is 0 Å². The third-order valence-electron chi connectivity index (χ3n) is 2.75. The number of nitrogens with one attached hydrogen (secondary N) is 1. The minimum absolute atomic E-state index is 0.114. The van der Waals surface area contributed by atoms with Crippen LogP contribution in [-0.4, -0.2) is 5.11 Å². The zero-order chi connectivity index (χ0) is 14.0. The number of hydrogen-bond donors (Lipinski definition) is 2. The molecule has 0 saturated heterocycles. The van der Waals surface area contributed by atoms with Gasteiger partial charge in [0.1, 0.15) is 17.4 Å². The molecule has 1 atom stereocenters. The van der Waals surface area contributed by atoms with Crippen molar-refractivity contribution in [3.05, 3.63) is 58.1 Å². The van der Waals surface area contributed by atoms with Gasteiger partial charge in [0.15, 0.2) is 0 Å². The zero-order valence-electron chi connectivity index (χ0n) is 10.1. The smallest absolute Gasteiger partial charge is 0.132 e. The molecule has 2 nitrogen and oxygen atoms in total. The number of anilines is 1. The van der Waals surface area contributed by atoms with Gasteiger partial charge in [0.25, 0.3) is 0 Å². The molecule has 0 bridgehead atoms. The Morgan fingerprint density at radius 2 is 1.89 bits per heavy atom. The molecule has 1 unspecified atom stereocenters. The third kappa shape index (κ3) is 3.23. The van der Waals surface area contributed by atoms with E-state index in [1.807, 2.05) is 0 Å². The molecule has 0 aliphatic carbocycles. The summed E-state index contributed by atoms with van der Waals surface area (Å²) < 4.78 is 27.2. The molecule has 0 aliphatic rings. The van der Waals surface area contributed by atoms with Gasteiger partial charge in [-0.25, -0.2) is 8.78 Å². The van der Waals surface area contributed by atoms with E-state index in [0.29, 0.717) is 15.7 Å². The molecule has 0 saturated carbocycles. The summed E-state index contributed by atoms with van der Waals surface area (Å²) >= 11 is 3.24. The van der Waals surface area contributed by atoms with E-state index in [1.54, 1.807) is 13.0 Å². The van der Waals surface area contributed by atoms with Crippen molar-refractivity contribution >= 4 is 21.6 Å². The second-order valence-electron chi connectivity index (χ2n) is 4.20. The van der Waals surface area contributed by atoms with Gasteiger partial charge in [0.2, 0.25) is 0 Å². The molecule has 2 rings (SSSR count). The van der Waals surface area contributed by atoms with Crippen molar-refractivity contribution in [3.8, 4) is 5.75 Å². The lowest BCUT2D eigenvalue weighted by Gasteiger charge is -2.17. The minimum Gasteiger partial charge on any atom is -0.508 e. The lowest BCUT2D eigenvalue weighted by Crippen LogP contribution is -2.09. The molecule has 100 valence electrons. The van der Waals surface area contributed by atoms with Crippen LogP contribution < -0.4 is 5.32 Å². The van der Waals surface area contributed by atoms with Crippen LogP contribution in [0.5, 0.6) is 5.75 Å². The fraction of sp³-hybridized carbons (Fsp3) is 0.143. The molecule has 5 heteroatoms. The van der Waals surface area contributed by atoms with Crippen molar-refractivity contribution in [2.45, 2.75) is 13.0 Å². The average molecular weight is 328 g/mol. The zero-order valence-corrected chi connectivity index (χ0v) is 11.7. The molecular weight excluding hydrogens is 316 g/mol. The number of aromatic hydroxyl groups is 1. The van der Waals surface area contributed by atoms with E-state index < -0.39 is 5.82 Å². The van der Waals surface area contributed by atoms with Crippen LogP contribution in [0.2, 0.25) is 0 Å². The van der Waals surface area contributed by atoms with E-state index in [9.17, 15) is 13.9 Å². The van der Waals surface area contributed by atoms with Crippen molar-refractivity contribution in [3.63, 3.8) is 0 Å². The standard InChI is InChI=1S/C14H12BrF2NO/c1-8(11-4-3-10(19)7-13(11)17)18-14-5-2-9(16)6-12(14)15/h2-8,18-19H,1H3. The number of phenolic OH excluding ortho intramolecular Hbond substituents is 1. The molecule has 0 spiro atoms. The van der Waals surface area contributed by atoms with Gasteiger partial charge in [0, 0.05) is 21.8 Å². The molecular formula is C14H12BrF2NO. The first-order chi connectivity index (χ1) is 8.97. The summed E-state index contributed by atoms with van der Waals surface area (Å²) in [6.07, 6.45) is 0. The van der Waals surface area contributed by atoms with Crippen molar-refractivity contribution in [1.82, 2.24) is 0 Å². The van der Waals surface area contributed by atoms with Crippen LogP contribution in [0.1, 0.15) is 18.5 Å². The fourth-order valence-electron chi connectivity index (χ4n) is 1.78. The SMILES string of the molecule is CC(Nc1ccc(F)cc1Br)c1ccc(O)cc1F. The number of benzene rings is 2. The highest BCUT2D eigenvalue weighted by molar-refractivity contribution is 9.10. The maximum Gasteiger partial charge on any atom is 0.132 e. The summed E-state index contributed by atoms with van der Waals surface area (Å²) in [4.78, 5) is 0. The highest BCUT2D eigenvalue weighted by Crippen LogP contribution is 2.29. The first-order valence-electron chi connectivity index (χ1n) is 5.67. The van der Waals surface area contributed by atoms with Gasteiger partial charge in [-0.15, -0.1) is 0 Å². The maximum absolute atomic E-state index is 13.7. The summed E-state index contributed by atoms with van der Waals surface area (Å²) in [6.45, 7) is 1.78. The van der Waals surface area contributed by atoms with Gasteiger partial charge in [-0.05, 0) is 47.1 Å². The summed E-state index contributed by atoms with van der Waals surface area (Å²) in [5.41, 5.74) is 1.09. The van der Waals surface area contributed by atoms with Crippen molar-refractivity contribution in [2.75, 3.05) is 5.32 Å². The van der Waals surface area contributed by atoms with E-state index in [2.05, 4.69) is 21.2 Å². The van der Waals surface area contributed by atoms with E-state index >= 15 is 0 Å². The number of rotatable bonds is 3. The molecule has 2 N–H and O–H groups in total. The van der Waals surface area contributed by atoms with Crippen molar-refractivity contribution in [2.24, 2.45) is 0 Å². The topological polar surface area (TPSA) is 32.3 Å². The monoisotopic (exact) mass is 327 g/mol. The molecule has 0 amide bonds. The van der Waals surface area contributed by atoms with Crippen LogP contribution in [0.3, 0.4) is 0 Å². The molecule has 19 heavy (non-hydrogen) atoms. The summed E-state index contributed by atoms with van der Waals surface area (Å²) in [5, 5.41) is 12.3. The largest absolute Gasteiger partial charge is 0.508 e. The number of phenols is 1. The first-order valence-corrected chi connectivity index (χ1v) is 6.46. The maximum atomic E-state index is 13.7. The predicted octanol–water partition coefficient (Wildman–Crippen LogP) is 4.61. The molecule has 0 aromatic heterocycles. The molecule has 0 radical (unpaired) electrons. The Balaban J connectivity index is 2.23. The van der Waals surface area contributed by atoms with E-state index in [0.717, 1.165) is 6.07 Å². The Hall–Kier alpha value is -1.62. The third-order valence-corrected chi connectivity index (χ3v) is 3.41. The summed E-state index contributed by atoms with van der Waals surface area (Å²) in [5.74, 6) is -0.949. The van der Waals surface area contributed by atoms with Crippen LogP contribution >= 0.6 is 15.9 Å². The second-order valence-corrected chi connectivity index (χ2v) is 5.05. The first kappa shape index (κ1) is 13.8. The van der Waals surface area contributed by atoms with Gasteiger partial charge in [0.05, 0.1) is 6.04 Å². The normalized spacial score (nSPS) is 12.2. The average Bonchev–Trinajstić information content (AvgIpc) is 2.32. The fourth-order valence-corrected chi connectivity index (χ4v) is 2.25. The van der Waals surface area contributed by atoms with Crippen LogP contribution in [0.25, 0.3) is 0 Å². The highest BCUT2D eigenvalue weighted by atomic mass is 79.9. The minimum atomic E-state index is -0.488. The molecule has 0 fully saturated rings. The van der Waals surface area contributed by atoms with Crippen LogP contribution in [0.15, 0.2) is 40.9 Å². The number of hydrogen-bond acceptors (Lipinski definition) is 2. The van der Waals surface area contributed by atoms with E-state index in [1.165, 1.54) is 24.3 Å². The van der Waals surface area contributed by atoms with Gasteiger partial charge < -0.3 is 10.4 Å².